The number of methoxy groups -OCH3 is 2. The lowest BCUT2D eigenvalue weighted by atomic mass is 9.58. The van der Waals surface area contributed by atoms with Crippen molar-refractivity contribution in [1.82, 2.24) is 0 Å². The van der Waals surface area contributed by atoms with Gasteiger partial charge in [0.05, 0.1) is 16.0 Å². The van der Waals surface area contributed by atoms with Crippen LogP contribution in [-0.2, 0) is 28.4 Å². The van der Waals surface area contributed by atoms with Gasteiger partial charge >= 0.3 is 0 Å². The van der Waals surface area contributed by atoms with Crippen LogP contribution in [0.4, 0.5) is 0 Å². The molecule has 3 rings (SSSR count). The molecule has 3 aliphatic carbocycles. The van der Waals surface area contributed by atoms with E-state index in [1.54, 1.807) is 0 Å². The number of fused-ring (bicyclic) bond motifs is 4. The van der Waals surface area contributed by atoms with Gasteiger partial charge in [-0.1, -0.05) is 23.2 Å². The second-order valence-electron chi connectivity index (χ2n) is 7.99. The van der Waals surface area contributed by atoms with E-state index < -0.39 is 33.0 Å². The van der Waals surface area contributed by atoms with Gasteiger partial charge in [-0.05, 0) is 27.7 Å². The van der Waals surface area contributed by atoms with Crippen molar-refractivity contribution in [3.8, 4) is 0 Å². The minimum atomic E-state index is -1.63. The minimum Gasteiger partial charge on any atom is -0.350 e. The van der Waals surface area contributed by atoms with Gasteiger partial charge in [-0.3, -0.25) is 0 Å². The molecule has 4 unspecified atom stereocenters. The molecule has 31 heavy (non-hydrogen) atoms. The smallest absolute Gasteiger partial charge is 0.217 e. The van der Waals surface area contributed by atoms with Crippen LogP contribution in [0.25, 0.3) is 0 Å². The number of alkyl halides is 2. The van der Waals surface area contributed by atoms with Gasteiger partial charge in [-0.2, -0.15) is 0 Å². The summed E-state index contributed by atoms with van der Waals surface area (Å²) in [5.74, 6) is -4.68. The fourth-order valence-corrected chi connectivity index (χ4v) is 8.18. The summed E-state index contributed by atoms with van der Waals surface area (Å²) in [6.07, 6.45) is 0.593. The monoisotopic (exact) mass is 520 g/mol. The lowest BCUT2D eigenvalue weighted by Crippen LogP contribution is -2.73. The molecule has 0 saturated heterocycles. The molecule has 6 nitrogen and oxygen atoms in total. The third-order valence-corrected chi connectivity index (χ3v) is 9.39. The molecule has 2 bridgehead atoms. The van der Waals surface area contributed by atoms with Crippen LogP contribution in [0.2, 0.25) is 0 Å². The molecule has 0 aromatic carbocycles. The highest BCUT2D eigenvalue weighted by atomic mass is 35.5. The van der Waals surface area contributed by atoms with Gasteiger partial charge in [0.25, 0.3) is 0 Å². The summed E-state index contributed by atoms with van der Waals surface area (Å²) in [4.78, 5) is -2.98. The molecule has 10 heteroatoms. The van der Waals surface area contributed by atoms with E-state index >= 15 is 0 Å². The van der Waals surface area contributed by atoms with Crippen molar-refractivity contribution >= 4 is 46.4 Å². The van der Waals surface area contributed by atoms with Crippen LogP contribution in [-0.4, -0.2) is 67.8 Å². The first kappa shape index (κ1) is 26.3. The molecule has 0 spiro atoms. The van der Waals surface area contributed by atoms with E-state index in [4.69, 9.17) is 74.8 Å². The lowest BCUT2D eigenvalue weighted by molar-refractivity contribution is -0.394. The molecule has 0 aromatic rings. The Labute approximate surface area is 204 Å². The van der Waals surface area contributed by atoms with Crippen LogP contribution in [0, 0.1) is 11.8 Å². The van der Waals surface area contributed by atoms with Crippen molar-refractivity contribution in [1.29, 1.82) is 0 Å². The van der Waals surface area contributed by atoms with Gasteiger partial charge in [-0.15, -0.1) is 23.2 Å². The van der Waals surface area contributed by atoms with Crippen LogP contribution in [0.1, 0.15) is 40.5 Å². The average Bonchev–Trinajstić information content (AvgIpc) is 2.79. The number of halogens is 4. The number of hydrogen-bond donors (Lipinski definition) is 0. The molecular weight excluding hydrogens is 490 g/mol. The minimum absolute atomic E-state index is 0.115. The van der Waals surface area contributed by atoms with Gasteiger partial charge in [0, 0.05) is 59.4 Å². The first-order valence-corrected chi connectivity index (χ1v) is 12.2. The normalized spacial score (nSPS) is 37.4. The summed E-state index contributed by atoms with van der Waals surface area (Å²) in [7, 11) is 2.95. The average molecular weight is 522 g/mol. The maximum Gasteiger partial charge on any atom is 0.217 e. The first-order chi connectivity index (χ1) is 14.6. The molecule has 2 saturated carbocycles. The van der Waals surface area contributed by atoms with Crippen molar-refractivity contribution in [3.05, 3.63) is 10.1 Å². The molecule has 0 N–H and O–H groups in total. The van der Waals surface area contributed by atoms with E-state index in [-0.39, 0.29) is 22.4 Å². The summed E-state index contributed by atoms with van der Waals surface area (Å²) in [5.41, 5.74) is 0. The molecule has 0 aliphatic heterocycles. The zero-order chi connectivity index (χ0) is 23.3. The Morgan fingerprint density at radius 3 is 1.65 bits per heavy atom. The molecule has 2 fully saturated rings. The van der Waals surface area contributed by atoms with E-state index in [1.165, 1.54) is 14.2 Å². The number of ether oxygens (including phenoxy) is 6. The second kappa shape index (κ2) is 9.03. The summed E-state index contributed by atoms with van der Waals surface area (Å²) in [5, 5.41) is 0.306. The number of rotatable bonds is 10. The first-order valence-electron chi connectivity index (χ1n) is 10.7. The van der Waals surface area contributed by atoms with E-state index in [2.05, 4.69) is 0 Å². The topological polar surface area (TPSA) is 55.4 Å². The summed E-state index contributed by atoms with van der Waals surface area (Å²) in [6.45, 7) is 9.19. The molecule has 0 radical (unpaired) electrons. The molecule has 4 atom stereocenters. The van der Waals surface area contributed by atoms with E-state index in [0.717, 1.165) is 0 Å². The van der Waals surface area contributed by atoms with E-state index in [9.17, 15) is 0 Å². The summed E-state index contributed by atoms with van der Waals surface area (Å²) in [6, 6.07) is 0. The van der Waals surface area contributed by atoms with Gasteiger partial charge in [0.2, 0.25) is 5.79 Å². The highest BCUT2D eigenvalue weighted by molar-refractivity contribution is 6.51. The summed E-state index contributed by atoms with van der Waals surface area (Å²) < 4.78 is 36.9. The molecular formula is C21H32Cl4O6. The predicted molar refractivity (Wildman–Crippen MR) is 121 cm³/mol. The van der Waals surface area contributed by atoms with E-state index in [0.29, 0.717) is 32.8 Å². The van der Waals surface area contributed by atoms with Crippen LogP contribution < -0.4 is 0 Å². The maximum absolute atomic E-state index is 7.46. The lowest BCUT2D eigenvalue weighted by Gasteiger charge is -2.62. The van der Waals surface area contributed by atoms with Gasteiger partial charge in [-0.25, -0.2) is 0 Å². The van der Waals surface area contributed by atoms with Crippen molar-refractivity contribution in [2.45, 2.75) is 67.6 Å². The zero-order valence-electron chi connectivity index (χ0n) is 18.9. The largest absolute Gasteiger partial charge is 0.350 e. The Hall–Kier alpha value is 0.660. The highest BCUT2D eigenvalue weighted by Crippen LogP contribution is 2.75. The van der Waals surface area contributed by atoms with Crippen LogP contribution in [0.15, 0.2) is 10.1 Å². The Morgan fingerprint density at radius 1 is 0.774 bits per heavy atom. The highest BCUT2D eigenvalue weighted by Gasteiger charge is 2.86. The van der Waals surface area contributed by atoms with Crippen molar-refractivity contribution < 1.29 is 28.4 Å². The third kappa shape index (κ3) is 3.13. The fraction of sp³-hybridized carbons (Fsp3) is 0.905. The van der Waals surface area contributed by atoms with E-state index in [1.807, 2.05) is 27.7 Å². The van der Waals surface area contributed by atoms with Crippen LogP contribution >= 0.6 is 46.4 Å². The molecule has 0 heterocycles. The van der Waals surface area contributed by atoms with Crippen LogP contribution in [0.3, 0.4) is 0 Å². The maximum atomic E-state index is 7.46. The van der Waals surface area contributed by atoms with Crippen LogP contribution in [0.5, 0.6) is 0 Å². The summed E-state index contributed by atoms with van der Waals surface area (Å²) >= 11 is 28.4. The van der Waals surface area contributed by atoms with Crippen molar-refractivity contribution in [3.63, 3.8) is 0 Å². The number of hydrogen-bond acceptors (Lipinski definition) is 6. The van der Waals surface area contributed by atoms with Crippen molar-refractivity contribution in [2.75, 3.05) is 40.6 Å². The zero-order valence-corrected chi connectivity index (χ0v) is 21.9. The molecule has 3 aliphatic rings. The van der Waals surface area contributed by atoms with Gasteiger partial charge < -0.3 is 28.4 Å². The quantitative estimate of drug-likeness (QED) is 0.290. The molecule has 0 aromatic heterocycles. The van der Waals surface area contributed by atoms with Gasteiger partial charge in [0.1, 0.15) is 9.75 Å². The van der Waals surface area contributed by atoms with Crippen molar-refractivity contribution in [2.24, 2.45) is 11.8 Å². The second-order valence-corrected chi connectivity index (χ2v) is 9.98. The Kier molecular flexibility index (Phi) is 7.65. The molecule has 180 valence electrons. The Morgan fingerprint density at radius 2 is 1.23 bits per heavy atom. The third-order valence-electron chi connectivity index (χ3n) is 6.85. The fourth-order valence-electron chi connectivity index (χ4n) is 5.98. The molecule has 0 amide bonds. The Bertz CT molecular complexity index is 702. The Balaban J connectivity index is 2.36. The predicted octanol–water partition coefficient (Wildman–Crippen LogP) is 5.21. The standard InChI is InChI=1S/C21H32Cl4O6/c1-7-28-18(29-8-2)11-13-14(18)20(25)16(23)15(22)17(24,21(20,26-5)27-6)12-19(13,30-9-3)31-10-4/h13-14H,7-12H2,1-6H3. The SMILES string of the molecule is CCOC1(OCC)CC2(Cl)C(Cl)=C(Cl)C(Cl)(C3C1CC3(OCC)OCC)C2(OC)OC. The van der Waals surface area contributed by atoms with Gasteiger partial charge in [0.15, 0.2) is 11.6 Å².